The zero-order chi connectivity index (χ0) is 18.8. The van der Waals surface area contributed by atoms with Crippen LogP contribution >= 0.6 is 11.8 Å². The first-order chi connectivity index (χ1) is 13.2. The third kappa shape index (κ3) is 3.50. The van der Waals surface area contributed by atoms with Crippen molar-refractivity contribution in [1.82, 2.24) is 24.7 Å². The van der Waals surface area contributed by atoms with Gasteiger partial charge in [-0.15, -0.1) is 10.2 Å². The standard InChI is InChI=1S/C20H19N5OS/c1-3-25-18(14-8-6-7-13(2)11-14)23-24-20(25)27-12-17-21-16-10-5-4-9-15(16)19(26)22-17/h4-11H,3,12H2,1-2H3,(H,21,22,26). The lowest BCUT2D eigenvalue weighted by Gasteiger charge is -2.08. The fourth-order valence-corrected chi connectivity index (χ4v) is 3.89. The summed E-state index contributed by atoms with van der Waals surface area (Å²) >= 11 is 1.52. The van der Waals surface area contributed by atoms with Gasteiger partial charge in [-0.2, -0.15) is 0 Å². The number of aromatic nitrogens is 5. The normalized spacial score (nSPS) is 11.2. The monoisotopic (exact) mass is 377 g/mol. The van der Waals surface area contributed by atoms with Crippen LogP contribution in [0.3, 0.4) is 0 Å². The van der Waals surface area contributed by atoms with Crippen molar-refractivity contribution < 1.29 is 0 Å². The number of aryl methyl sites for hydroxylation is 1. The maximum absolute atomic E-state index is 12.2. The van der Waals surface area contributed by atoms with E-state index in [9.17, 15) is 4.79 Å². The minimum atomic E-state index is -0.117. The number of H-pyrrole nitrogens is 1. The minimum Gasteiger partial charge on any atom is -0.309 e. The van der Waals surface area contributed by atoms with E-state index in [2.05, 4.69) is 50.7 Å². The highest BCUT2D eigenvalue weighted by Gasteiger charge is 2.14. The zero-order valence-corrected chi connectivity index (χ0v) is 16.0. The molecule has 1 N–H and O–H groups in total. The van der Waals surface area contributed by atoms with Gasteiger partial charge in [0.25, 0.3) is 5.56 Å². The van der Waals surface area contributed by atoms with E-state index in [1.165, 1.54) is 17.3 Å². The summed E-state index contributed by atoms with van der Waals surface area (Å²) in [6, 6.07) is 15.6. The zero-order valence-electron chi connectivity index (χ0n) is 15.1. The lowest BCUT2D eigenvalue weighted by atomic mass is 10.1. The third-order valence-corrected chi connectivity index (χ3v) is 5.29. The Balaban J connectivity index is 1.61. The van der Waals surface area contributed by atoms with E-state index in [0.29, 0.717) is 22.5 Å². The molecule has 136 valence electrons. The number of hydrogen-bond donors (Lipinski definition) is 1. The van der Waals surface area contributed by atoms with E-state index < -0.39 is 0 Å². The molecule has 2 aromatic carbocycles. The lowest BCUT2D eigenvalue weighted by molar-refractivity contribution is 0.687. The molecule has 2 heterocycles. The number of aromatic amines is 1. The van der Waals surface area contributed by atoms with Crippen LogP contribution in [0.25, 0.3) is 22.3 Å². The molecule has 0 fully saturated rings. The van der Waals surface area contributed by atoms with Crippen molar-refractivity contribution in [2.75, 3.05) is 0 Å². The summed E-state index contributed by atoms with van der Waals surface area (Å²) in [5, 5.41) is 10.1. The number of nitrogens with zero attached hydrogens (tertiary/aromatic N) is 4. The van der Waals surface area contributed by atoms with Crippen molar-refractivity contribution in [3.05, 3.63) is 70.3 Å². The topological polar surface area (TPSA) is 76.5 Å². The molecule has 7 heteroatoms. The number of fused-ring (bicyclic) bond motifs is 1. The summed E-state index contributed by atoms with van der Waals surface area (Å²) in [5.74, 6) is 2.00. The highest BCUT2D eigenvalue weighted by Crippen LogP contribution is 2.26. The Hall–Kier alpha value is -2.93. The van der Waals surface area contributed by atoms with Crippen LogP contribution in [0.5, 0.6) is 0 Å². The summed E-state index contributed by atoms with van der Waals surface area (Å²) < 4.78 is 2.08. The van der Waals surface area contributed by atoms with E-state index in [1.807, 2.05) is 30.3 Å². The van der Waals surface area contributed by atoms with Crippen molar-refractivity contribution in [2.24, 2.45) is 0 Å². The molecule has 0 saturated heterocycles. The van der Waals surface area contributed by atoms with E-state index in [4.69, 9.17) is 0 Å². The summed E-state index contributed by atoms with van der Waals surface area (Å²) in [6.45, 7) is 4.90. The second-order valence-electron chi connectivity index (χ2n) is 6.24. The Morgan fingerprint density at radius 2 is 1.96 bits per heavy atom. The van der Waals surface area contributed by atoms with Gasteiger partial charge in [-0.1, -0.05) is 47.7 Å². The van der Waals surface area contributed by atoms with Crippen molar-refractivity contribution in [2.45, 2.75) is 31.3 Å². The molecule has 2 aromatic heterocycles. The second kappa shape index (κ2) is 7.36. The van der Waals surface area contributed by atoms with Gasteiger partial charge in [0.2, 0.25) is 0 Å². The summed E-state index contributed by atoms with van der Waals surface area (Å²) in [7, 11) is 0. The van der Waals surface area contributed by atoms with Gasteiger partial charge in [-0.05, 0) is 32.0 Å². The first-order valence-corrected chi connectivity index (χ1v) is 9.75. The largest absolute Gasteiger partial charge is 0.309 e. The van der Waals surface area contributed by atoms with Crippen LogP contribution in [0.4, 0.5) is 0 Å². The van der Waals surface area contributed by atoms with Crippen molar-refractivity contribution in [3.8, 4) is 11.4 Å². The van der Waals surface area contributed by atoms with Gasteiger partial charge in [0.1, 0.15) is 5.82 Å². The average Bonchev–Trinajstić information content (AvgIpc) is 3.09. The van der Waals surface area contributed by atoms with Crippen LogP contribution in [0.1, 0.15) is 18.3 Å². The van der Waals surface area contributed by atoms with Crippen LogP contribution < -0.4 is 5.56 Å². The maximum atomic E-state index is 12.2. The van der Waals surface area contributed by atoms with Gasteiger partial charge >= 0.3 is 0 Å². The fraction of sp³-hybridized carbons (Fsp3) is 0.200. The summed E-state index contributed by atoms with van der Waals surface area (Å²) in [4.78, 5) is 19.6. The molecule has 0 unspecified atom stereocenters. The number of rotatable bonds is 5. The van der Waals surface area contributed by atoms with Gasteiger partial charge in [-0.3, -0.25) is 4.79 Å². The fourth-order valence-electron chi connectivity index (χ4n) is 3.01. The van der Waals surface area contributed by atoms with E-state index in [1.54, 1.807) is 6.07 Å². The molecular weight excluding hydrogens is 358 g/mol. The van der Waals surface area contributed by atoms with Gasteiger partial charge in [0.15, 0.2) is 11.0 Å². The summed E-state index contributed by atoms with van der Waals surface area (Å²) in [6.07, 6.45) is 0. The minimum absolute atomic E-state index is 0.117. The predicted octanol–water partition coefficient (Wildman–Crippen LogP) is 3.80. The number of para-hydroxylation sites is 1. The van der Waals surface area contributed by atoms with Crippen molar-refractivity contribution in [3.63, 3.8) is 0 Å². The van der Waals surface area contributed by atoms with Gasteiger partial charge in [0, 0.05) is 12.1 Å². The second-order valence-corrected chi connectivity index (χ2v) is 7.18. The molecular formula is C20H19N5OS. The first-order valence-electron chi connectivity index (χ1n) is 8.76. The molecule has 27 heavy (non-hydrogen) atoms. The van der Waals surface area contributed by atoms with Crippen molar-refractivity contribution >= 4 is 22.7 Å². The maximum Gasteiger partial charge on any atom is 0.258 e. The molecule has 0 aliphatic heterocycles. The van der Waals surface area contributed by atoms with Gasteiger partial charge in [-0.25, -0.2) is 4.98 Å². The number of thioether (sulfide) groups is 1. The smallest absolute Gasteiger partial charge is 0.258 e. The highest BCUT2D eigenvalue weighted by molar-refractivity contribution is 7.98. The molecule has 4 aromatic rings. The molecule has 0 spiro atoms. The summed E-state index contributed by atoms with van der Waals surface area (Å²) in [5.41, 5.74) is 2.82. The van der Waals surface area contributed by atoms with Crippen LogP contribution in [0.2, 0.25) is 0 Å². The number of nitrogens with one attached hydrogen (secondary N) is 1. The van der Waals surface area contributed by atoms with E-state index in [0.717, 1.165) is 23.1 Å². The molecule has 0 amide bonds. The molecule has 0 radical (unpaired) electrons. The van der Waals surface area contributed by atoms with Crippen molar-refractivity contribution in [1.29, 1.82) is 0 Å². The Bertz CT molecular complexity index is 1160. The molecule has 0 aliphatic carbocycles. The SMILES string of the molecule is CCn1c(SCc2nc3ccccc3c(=O)[nH]2)nnc1-c1cccc(C)c1. The molecule has 0 atom stereocenters. The van der Waals surface area contributed by atoms with Gasteiger partial charge in [0.05, 0.1) is 16.7 Å². The molecule has 4 rings (SSSR count). The Labute approximate surface area is 160 Å². The molecule has 0 aliphatic rings. The predicted molar refractivity (Wildman–Crippen MR) is 108 cm³/mol. The first kappa shape index (κ1) is 17.5. The van der Waals surface area contributed by atoms with Crippen LogP contribution in [-0.2, 0) is 12.3 Å². The van der Waals surface area contributed by atoms with Crippen LogP contribution in [0.15, 0.2) is 58.5 Å². The molecule has 6 nitrogen and oxygen atoms in total. The Morgan fingerprint density at radius 3 is 2.78 bits per heavy atom. The van der Waals surface area contributed by atoms with Gasteiger partial charge < -0.3 is 9.55 Å². The quantitative estimate of drug-likeness (QED) is 0.535. The highest BCUT2D eigenvalue weighted by atomic mass is 32.2. The number of benzene rings is 2. The average molecular weight is 377 g/mol. The Kier molecular flexibility index (Phi) is 4.77. The van der Waals surface area contributed by atoms with E-state index >= 15 is 0 Å². The molecule has 0 bridgehead atoms. The van der Waals surface area contributed by atoms with Crippen LogP contribution in [0, 0.1) is 6.92 Å². The number of hydrogen-bond acceptors (Lipinski definition) is 5. The molecule has 0 saturated carbocycles. The third-order valence-electron chi connectivity index (χ3n) is 4.31. The Morgan fingerprint density at radius 1 is 1.11 bits per heavy atom. The van der Waals surface area contributed by atoms with E-state index in [-0.39, 0.29) is 5.56 Å². The van der Waals surface area contributed by atoms with Crippen LogP contribution in [-0.4, -0.2) is 24.7 Å². The lowest BCUT2D eigenvalue weighted by Crippen LogP contribution is -2.11.